The van der Waals surface area contributed by atoms with Gasteiger partial charge < -0.3 is 15.8 Å². The van der Waals surface area contributed by atoms with Gasteiger partial charge in [-0.05, 0) is 12.8 Å². The lowest BCUT2D eigenvalue weighted by Crippen LogP contribution is -2.39. The minimum Gasteiger partial charge on any atom is -0.481 e. The molecule has 1 aromatic rings. The first-order valence-corrected chi connectivity index (χ1v) is 5.98. The largest absolute Gasteiger partial charge is 0.481 e. The molecule has 1 rings (SSSR count). The van der Waals surface area contributed by atoms with Crippen LogP contribution in [0, 0.1) is 17.6 Å². The molecule has 0 radical (unpaired) electrons. The zero-order valence-corrected chi connectivity index (χ0v) is 11.2. The number of nitrogens with one attached hydrogen (secondary N) is 1. The van der Waals surface area contributed by atoms with Crippen LogP contribution in [0.1, 0.15) is 20.8 Å². The highest BCUT2D eigenvalue weighted by atomic mass is 19.1. The lowest BCUT2D eigenvalue weighted by Gasteiger charge is -2.17. The van der Waals surface area contributed by atoms with Gasteiger partial charge in [-0.15, -0.1) is 0 Å². The molecule has 1 atom stereocenters. The van der Waals surface area contributed by atoms with Crippen LogP contribution in [0.3, 0.4) is 0 Å². The van der Waals surface area contributed by atoms with Crippen LogP contribution in [-0.4, -0.2) is 18.6 Å². The quantitative estimate of drug-likeness (QED) is 0.807. The molecule has 1 aromatic carbocycles. The summed E-state index contributed by atoms with van der Waals surface area (Å²) in [6.07, 6.45) is 0. The highest BCUT2D eigenvalue weighted by Gasteiger charge is 2.13. The summed E-state index contributed by atoms with van der Waals surface area (Å²) >= 11 is 0. The Balaban J connectivity index is 2.58. The number of nitrogens with two attached hydrogens (primary N) is 1. The molecule has 0 aromatic heterocycles. The number of anilines is 1. The SMILES string of the molecule is CC(C)C(C)NC(=O)COc1cc(F)c(N)cc1F. The van der Waals surface area contributed by atoms with Gasteiger partial charge in [-0.1, -0.05) is 13.8 Å². The number of nitrogen functional groups attached to an aromatic ring is 1. The van der Waals surface area contributed by atoms with Gasteiger partial charge in [0.15, 0.2) is 18.2 Å². The Morgan fingerprint density at radius 1 is 1.32 bits per heavy atom. The molecule has 19 heavy (non-hydrogen) atoms. The molecular formula is C13H18F2N2O2. The Bertz CT molecular complexity index is 464. The Kier molecular flexibility index (Phi) is 5.09. The summed E-state index contributed by atoms with van der Waals surface area (Å²) in [4.78, 5) is 11.5. The predicted octanol–water partition coefficient (Wildman–Crippen LogP) is 2.09. The van der Waals surface area contributed by atoms with E-state index in [1.165, 1.54) is 0 Å². The van der Waals surface area contributed by atoms with Crippen molar-refractivity contribution in [3.63, 3.8) is 0 Å². The van der Waals surface area contributed by atoms with Crippen LogP contribution in [0.4, 0.5) is 14.5 Å². The fourth-order valence-electron chi connectivity index (χ4n) is 1.26. The summed E-state index contributed by atoms with van der Waals surface area (Å²) in [7, 11) is 0. The third-order valence-electron chi connectivity index (χ3n) is 2.80. The Morgan fingerprint density at radius 2 is 1.95 bits per heavy atom. The van der Waals surface area contributed by atoms with Gasteiger partial charge in [-0.25, -0.2) is 8.78 Å². The lowest BCUT2D eigenvalue weighted by atomic mass is 10.1. The molecule has 6 heteroatoms. The maximum absolute atomic E-state index is 13.4. The highest BCUT2D eigenvalue weighted by Crippen LogP contribution is 2.22. The van der Waals surface area contributed by atoms with E-state index in [9.17, 15) is 13.6 Å². The number of benzene rings is 1. The number of hydrogen-bond donors (Lipinski definition) is 2. The number of amides is 1. The van der Waals surface area contributed by atoms with Crippen LogP contribution < -0.4 is 15.8 Å². The van der Waals surface area contributed by atoms with Gasteiger partial charge in [0, 0.05) is 18.2 Å². The molecule has 3 N–H and O–H groups in total. The summed E-state index contributed by atoms with van der Waals surface area (Å²) in [6, 6.07) is 1.62. The number of halogens is 2. The zero-order valence-electron chi connectivity index (χ0n) is 11.2. The standard InChI is InChI=1S/C13H18F2N2O2/c1-7(2)8(3)17-13(18)6-19-12-5-9(14)11(16)4-10(12)15/h4-5,7-8H,6,16H2,1-3H3,(H,17,18). The highest BCUT2D eigenvalue weighted by molar-refractivity contribution is 5.77. The average Bonchev–Trinajstić information content (AvgIpc) is 2.32. The maximum atomic E-state index is 13.4. The molecule has 106 valence electrons. The van der Waals surface area contributed by atoms with Crippen molar-refractivity contribution in [3.8, 4) is 5.75 Å². The first kappa shape index (κ1) is 15.2. The number of carbonyl (C=O) groups is 1. The second-order valence-electron chi connectivity index (χ2n) is 4.69. The predicted molar refractivity (Wildman–Crippen MR) is 68.7 cm³/mol. The molecule has 0 saturated heterocycles. The zero-order chi connectivity index (χ0) is 14.6. The Labute approximate surface area is 110 Å². The number of ether oxygens (including phenoxy) is 1. The molecule has 0 heterocycles. The molecule has 0 spiro atoms. The second kappa shape index (κ2) is 6.36. The molecule has 0 bridgehead atoms. The van der Waals surface area contributed by atoms with Crippen molar-refractivity contribution in [2.24, 2.45) is 5.92 Å². The molecule has 0 saturated carbocycles. The second-order valence-corrected chi connectivity index (χ2v) is 4.69. The van der Waals surface area contributed by atoms with Gasteiger partial charge in [0.1, 0.15) is 5.82 Å². The van der Waals surface area contributed by atoms with E-state index in [1.807, 2.05) is 20.8 Å². The molecule has 1 amide bonds. The summed E-state index contributed by atoms with van der Waals surface area (Å²) < 4.78 is 31.4. The third-order valence-corrected chi connectivity index (χ3v) is 2.80. The van der Waals surface area contributed by atoms with Gasteiger partial charge in [0.25, 0.3) is 5.91 Å². The van der Waals surface area contributed by atoms with E-state index in [-0.39, 0.29) is 30.0 Å². The van der Waals surface area contributed by atoms with Gasteiger partial charge >= 0.3 is 0 Å². The van der Waals surface area contributed by atoms with E-state index in [0.717, 1.165) is 12.1 Å². The van der Waals surface area contributed by atoms with Crippen molar-refractivity contribution in [3.05, 3.63) is 23.8 Å². The molecule has 0 aliphatic carbocycles. The molecular weight excluding hydrogens is 254 g/mol. The van der Waals surface area contributed by atoms with Crippen molar-refractivity contribution >= 4 is 11.6 Å². The number of carbonyl (C=O) groups excluding carboxylic acids is 1. The van der Waals surface area contributed by atoms with E-state index in [1.54, 1.807) is 0 Å². The minimum absolute atomic E-state index is 0.0240. The van der Waals surface area contributed by atoms with E-state index >= 15 is 0 Å². The van der Waals surface area contributed by atoms with Gasteiger partial charge in [-0.3, -0.25) is 4.79 Å². The van der Waals surface area contributed by atoms with Crippen LogP contribution in [-0.2, 0) is 4.79 Å². The van der Waals surface area contributed by atoms with E-state index in [0.29, 0.717) is 0 Å². The Morgan fingerprint density at radius 3 is 2.53 bits per heavy atom. The van der Waals surface area contributed by atoms with E-state index < -0.39 is 17.5 Å². The monoisotopic (exact) mass is 272 g/mol. The average molecular weight is 272 g/mol. The fraction of sp³-hybridized carbons (Fsp3) is 0.462. The van der Waals surface area contributed by atoms with Crippen molar-refractivity contribution in [1.82, 2.24) is 5.32 Å². The molecule has 0 fully saturated rings. The summed E-state index contributed by atoms with van der Waals surface area (Å²) in [5.74, 6) is -2.04. The maximum Gasteiger partial charge on any atom is 0.258 e. The third kappa shape index (κ3) is 4.39. The van der Waals surface area contributed by atoms with Crippen LogP contribution in [0.5, 0.6) is 5.75 Å². The molecule has 0 aliphatic heterocycles. The summed E-state index contributed by atoms with van der Waals surface area (Å²) in [5, 5.41) is 2.69. The van der Waals surface area contributed by atoms with E-state index in [4.69, 9.17) is 10.5 Å². The van der Waals surface area contributed by atoms with Crippen LogP contribution in [0.2, 0.25) is 0 Å². The molecule has 1 unspecified atom stereocenters. The first-order chi connectivity index (χ1) is 8.81. The van der Waals surface area contributed by atoms with Crippen molar-refractivity contribution < 1.29 is 18.3 Å². The first-order valence-electron chi connectivity index (χ1n) is 5.98. The van der Waals surface area contributed by atoms with Gasteiger partial charge in [0.05, 0.1) is 5.69 Å². The minimum atomic E-state index is -0.802. The normalized spacial score (nSPS) is 12.3. The number of rotatable bonds is 5. The topological polar surface area (TPSA) is 64.3 Å². The lowest BCUT2D eigenvalue weighted by molar-refractivity contribution is -0.124. The molecule has 0 aliphatic rings. The van der Waals surface area contributed by atoms with E-state index in [2.05, 4.69) is 5.32 Å². The summed E-state index contributed by atoms with van der Waals surface area (Å²) in [5.41, 5.74) is 4.89. The van der Waals surface area contributed by atoms with Crippen molar-refractivity contribution in [1.29, 1.82) is 0 Å². The van der Waals surface area contributed by atoms with Crippen molar-refractivity contribution in [2.75, 3.05) is 12.3 Å². The summed E-state index contributed by atoms with van der Waals surface area (Å²) in [6.45, 7) is 5.39. The van der Waals surface area contributed by atoms with Gasteiger partial charge in [0.2, 0.25) is 0 Å². The molecule has 4 nitrogen and oxygen atoms in total. The van der Waals surface area contributed by atoms with Crippen molar-refractivity contribution in [2.45, 2.75) is 26.8 Å². The smallest absolute Gasteiger partial charge is 0.258 e. The van der Waals surface area contributed by atoms with Crippen LogP contribution >= 0.6 is 0 Å². The Hall–Kier alpha value is -1.85. The fourth-order valence-corrected chi connectivity index (χ4v) is 1.26. The van der Waals surface area contributed by atoms with Crippen LogP contribution in [0.25, 0.3) is 0 Å². The van der Waals surface area contributed by atoms with Crippen LogP contribution in [0.15, 0.2) is 12.1 Å². The number of hydrogen-bond acceptors (Lipinski definition) is 3. The van der Waals surface area contributed by atoms with Gasteiger partial charge in [-0.2, -0.15) is 0 Å².